The first-order valence-corrected chi connectivity index (χ1v) is 13.5. The molecular weight excluding hydrogens is 516 g/mol. The third kappa shape index (κ3) is 6.60. The summed E-state index contributed by atoms with van der Waals surface area (Å²) in [6.45, 7) is 12.9. The maximum atomic E-state index is 13.8. The van der Waals surface area contributed by atoms with E-state index in [9.17, 15) is 32.8 Å². The Morgan fingerprint density at radius 2 is 1.87 bits per heavy atom. The van der Waals surface area contributed by atoms with Gasteiger partial charge in [0, 0.05) is 13.1 Å². The molecule has 0 spiro atoms. The molecule has 3 rings (SSSR count). The van der Waals surface area contributed by atoms with Crippen LogP contribution in [0.4, 0.5) is 13.6 Å². The van der Waals surface area contributed by atoms with Crippen molar-refractivity contribution in [3.63, 3.8) is 0 Å². The first-order valence-electron chi connectivity index (χ1n) is 13.5. The number of rotatable bonds is 8. The number of carbonyl (C=O) groups is 5. The summed E-state index contributed by atoms with van der Waals surface area (Å²) in [7, 11) is 0. The summed E-state index contributed by atoms with van der Waals surface area (Å²) in [5.74, 6) is -4.34. The van der Waals surface area contributed by atoms with Crippen molar-refractivity contribution >= 4 is 29.7 Å². The van der Waals surface area contributed by atoms with E-state index >= 15 is 0 Å². The summed E-state index contributed by atoms with van der Waals surface area (Å²) in [5, 5.41) is 5.82. The molecule has 0 bridgehead atoms. The zero-order valence-corrected chi connectivity index (χ0v) is 23.7. The number of carbonyl (C=O) groups excluding carboxylic acids is 5. The van der Waals surface area contributed by atoms with E-state index in [0.29, 0.717) is 19.4 Å². The highest BCUT2D eigenvalue weighted by Gasteiger charge is 2.69. The van der Waals surface area contributed by atoms with Crippen LogP contribution in [0.25, 0.3) is 0 Å². The number of alkyl halides is 2. The van der Waals surface area contributed by atoms with E-state index in [1.807, 2.05) is 13.8 Å². The molecule has 0 aromatic heterocycles. The molecule has 2 heterocycles. The smallest absolute Gasteiger partial charge is 0.429 e. The molecule has 1 aliphatic carbocycles. The van der Waals surface area contributed by atoms with Crippen molar-refractivity contribution in [2.45, 2.75) is 85.4 Å². The molecule has 3 N–H and O–H groups in total. The molecule has 13 heteroatoms. The van der Waals surface area contributed by atoms with E-state index in [1.54, 1.807) is 34.6 Å². The van der Waals surface area contributed by atoms with Gasteiger partial charge in [-0.05, 0) is 50.4 Å². The first kappa shape index (κ1) is 30.6. The van der Waals surface area contributed by atoms with Gasteiger partial charge in [0.25, 0.3) is 11.8 Å². The van der Waals surface area contributed by atoms with E-state index in [4.69, 9.17) is 4.74 Å². The summed E-state index contributed by atoms with van der Waals surface area (Å²) in [6, 6.07) is -2.24. The standard InChI is InChI=1S/C26H41F2N5O6/c1-8-13(2)17(30-22(36)19(27)28)23(37)32-12-15-16(26(15,6)7)18(32)21(35)31-33(24(38)39-25(3,4)5)11-14-9-10-29-20(14)34/h13-19H,8-12H2,1-7H3,(H,29,34)(H,30,36)(H,31,35)/t13?,14-,15-,16-,17?,18-/m0/s1. The molecule has 0 radical (unpaired) electrons. The van der Waals surface area contributed by atoms with E-state index in [2.05, 4.69) is 16.1 Å². The number of likely N-dealkylation sites (tertiary alicyclic amines) is 1. The Bertz CT molecular complexity index is 1000. The van der Waals surface area contributed by atoms with E-state index in [0.717, 1.165) is 5.01 Å². The fraction of sp³-hybridized carbons (Fsp3) is 0.808. The number of hydrazine groups is 1. The van der Waals surface area contributed by atoms with E-state index < -0.39 is 59.8 Å². The van der Waals surface area contributed by atoms with Crippen LogP contribution in [0.3, 0.4) is 0 Å². The second-order valence-corrected chi connectivity index (χ2v) is 12.4. The zero-order valence-electron chi connectivity index (χ0n) is 23.7. The van der Waals surface area contributed by atoms with Gasteiger partial charge in [-0.3, -0.25) is 24.6 Å². The van der Waals surface area contributed by atoms with Crippen LogP contribution < -0.4 is 16.1 Å². The lowest BCUT2D eigenvalue weighted by Crippen LogP contribution is -2.60. The molecule has 1 saturated carbocycles. The quantitative estimate of drug-likeness (QED) is 0.389. The van der Waals surface area contributed by atoms with Crippen molar-refractivity contribution < 1.29 is 37.5 Å². The number of fused-ring (bicyclic) bond motifs is 1. The highest BCUT2D eigenvalue weighted by Crippen LogP contribution is 2.65. The van der Waals surface area contributed by atoms with E-state index in [-0.39, 0.29) is 36.2 Å². The van der Waals surface area contributed by atoms with Crippen LogP contribution in [0.5, 0.6) is 0 Å². The monoisotopic (exact) mass is 557 g/mol. The average molecular weight is 558 g/mol. The molecule has 5 amide bonds. The normalized spacial score (nSPS) is 26.8. The van der Waals surface area contributed by atoms with Crippen molar-refractivity contribution in [2.75, 3.05) is 19.6 Å². The predicted molar refractivity (Wildman–Crippen MR) is 136 cm³/mol. The lowest BCUT2D eigenvalue weighted by molar-refractivity contribution is -0.147. The number of halogens is 2. The number of hydrogen-bond donors (Lipinski definition) is 3. The SMILES string of the molecule is CCC(C)C(NC(=O)C(F)F)C(=O)N1C[C@H]2[C@@H]([C@H]1C(=O)NN(C[C@@H]1CCNC1=O)C(=O)OC(C)(C)C)C2(C)C. The van der Waals surface area contributed by atoms with Crippen LogP contribution in [0, 0.1) is 29.1 Å². The molecule has 11 nitrogen and oxygen atoms in total. The zero-order chi connectivity index (χ0) is 29.4. The number of piperidine rings is 1. The summed E-state index contributed by atoms with van der Waals surface area (Å²) in [6.07, 6.45) is -3.23. The minimum atomic E-state index is -3.29. The van der Waals surface area contributed by atoms with Gasteiger partial charge in [0.2, 0.25) is 11.8 Å². The Morgan fingerprint density at radius 1 is 1.23 bits per heavy atom. The highest BCUT2D eigenvalue weighted by molar-refractivity contribution is 5.94. The van der Waals surface area contributed by atoms with Crippen LogP contribution in [0.15, 0.2) is 0 Å². The van der Waals surface area contributed by atoms with Gasteiger partial charge in [0.1, 0.15) is 17.7 Å². The van der Waals surface area contributed by atoms with Crippen molar-refractivity contribution in [3.05, 3.63) is 0 Å². The van der Waals surface area contributed by atoms with Gasteiger partial charge in [-0.15, -0.1) is 0 Å². The summed E-state index contributed by atoms with van der Waals surface area (Å²) >= 11 is 0. The molecule has 0 aromatic carbocycles. The van der Waals surface area contributed by atoms with Crippen LogP contribution in [-0.4, -0.2) is 83.4 Å². The lowest BCUT2D eigenvalue weighted by Gasteiger charge is -2.36. The number of hydrogen-bond acceptors (Lipinski definition) is 6. The van der Waals surface area contributed by atoms with Crippen molar-refractivity contribution in [1.82, 2.24) is 26.0 Å². The van der Waals surface area contributed by atoms with E-state index in [1.165, 1.54) is 4.90 Å². The first-order chi connectivity index (χ1) is 18.0. The molecule has 2 aliphatic heterocycles. The largest absolute Gasteiger partial charge is 0.442 e. The van der Waals surface area contributed by atoms with Crippen LogP contribution >= 0.6 is 0 Å². The maximum Gasteiger partial charge on any atom is 0.429 e. The molecule has 6 atom stereocenters. The number of nitrogens with one attached hydrogen (secondary N) is 3. The van der Waals surface area contributed by atoms with Crippen molar-refractivity contribution in [3.8, 4) is 0 Å². The Morgan fingerprint density at radius 3 is 2.38 bits per heavy atom. The second-order valence-electron chi connectivity index (χ2n) is 12.4. The fourth-order valence-electron chi connectivity index (χ4n) is 5.61. The van der Waals surface area contributed by atoms with Gasteiger partial charge in [0.15, 0.2) is 0 Å². The summed E-state index contributed by atoms with van der Waals surface area (Å²) in [5.41, 5.74) is 1.45. The molecule has 2 unspecified atom stereocenters. The van der Waals surface area contributed by atoms with Crippen molar-refractivity contribution in [2.24, 2.45) is 29.1 Å². The third-order valence-electron chi connectivity index (χ3n) is 8.16. The lowest BCUT2D eigenvalue weighted by atomic mass is 9.95. The molecule has 39 heavy (non-hydrogen) atoms. The minimum absolute atomic E-state index is 0.0174. The van der Waals surface area contributed by atoms with Gasteiger partial charge in [-0.25, -0.2) is 9.80 Å². The molecule has 220 valence electrons. The number of amides is 5. The van der Waals surface area contributed by atoms with Gasteiger partial charge < -0.3 is 20.3 Å². The van der Waals surface area contributed by atoms with Crippen LogP contribution in [0.1, 0.15) is 61.3 Å². The van der Waals surface area contributed by atoms with Gasteiger partial charge in [-0.2, -0.15) is 8.78 Å². The number of nitrogens with zero attached hydrogens (tertiary/aromatic N) is 2. The third-order valence-corrected chi connectivity index (χ3v) is 8.16. The average Bonchev–Trinajstić information content (AvgIpc) is 3.19. The van der Waals surface area contributed by atoms with Crippen LogP contribution in [-0.2, 0) is 23.9 Å². The van der Waals surface area contributed by atoms with Crippen LogP contribution in [0.2, 0.25) is 0 Å². The molecular formula is C26H41F2N5O6. The predicted octanol–water partition coefficient (Wildman–Crippen LogP) is 1.67. The molecule has 0 aromatic rings. The second kappa shape index (κ2) is 11.2. The van der Waals surface area contributed by atoms with Gasteiger partial charge >= 0.3 is 12.5 Å². The maximum absolute atomic E-state index is 13.8. The Kier molecular flexibility index (Phi) is 8.81. The molecule has 2 saturated heterocycles. The fourth-order valence-corrected chi connectivity index (χ4v) is 5.61. The summed E-state index contributed by atoms with van der Waals surface area (Å²) in [4.78, 5) is 65.8. The highest BCUT2D eigenvalue weighted by atomic mass is 19.3. The number of ether oxygens (including phenoxy) is 1. The minimum Gasteiger partial charge on any atom is -0.442 e. The molecule has 3 fully saturated rings. The summed E-state index contributed by atoms with van der Waals surface area (Å²) < 4.78 is 31.5. The topological polar surface area (TPSA) is 137 Å². The Hall–Kier alpha value is -2.99. The van der Waals surface area contributed by atoms with Gasteiger partial charge in [-0.1, -0.05) is 34.1 Å². The Labute approximate surface area is 227 Å². The Balaban J connectivity index is 1.86. The molecule has 3 aliphatic rings. The van der Waals surface area contributed by atoms with Crippen molar-refractivity contribution in [1.29, 1.82) is 0 Å². The van der Waals surface area contributed by atoms with Gasteiger partial charge in [0.05, 0.1) is 12.5 Å².